The van der Waals surface area contributed by atoms with E-state index in [1.165, 1.54) is 25.9 Å². The van der Waals surface area contributed by atoms with Gasteiger partial charge in [0.05, 0.1) is 0 Å². The number of hydrogen-bond acceptors (Lipinski definition) is 5. The summed E-state index contributed by atoms with van der Waals surface area (Å²) in [6.07, 6.45) is 4.56. The Morgan fingerprint density at radius 2 is 2.04 bits per heavy atom. The summed E-state index contributed by atoms with van der Waals surface area (Å²) in [7, 11) is 0. The van der Waals surface area contributed by atoms with E-state index in [4.69, 9.17) is 14.9 Å². The molecule has 7 heteroatoms. The summed E-state index contributed by atoms with van der Waals surface area (Å²) in [5.41, 5.74) is 11.2. The molecule has 2 bridgehead atoms. The number of amides is 2. The molecule has 0 radical (unpaired) electrons. The minimum absolute atomic E-state index is 0.202. The molecule has 23 heavy (non-hydrogen) atoms. The normalized spacial score (nSPS) is 25.7. The van der Waals surface area contributed by atoms with Crippen molar-refractivity contribution in [2.75, 3.05) is 19.6 Å². The molecule has 0 aromatic carbocycles. The lowest BCUT2D eigenvalue weighted by Crippen LogP contribution is -2.46. The first-order valence-corrected chi connectivity index (χ1v) is 7.69. The molecule has 2 aromatic heterocycles. The van der Waals surface area contributed by atoms with Crippen molar-refractivity contribution >= 4 is 23.3 Å². The molecule has 5 heterocycles. The predicted octanol–water partition coefficient (Wildman–Crippen LogP) is 0.837. The van der Waals surface area contributed by atoms with Crippen LogP contribution < -0.4 is 11.5 Å². The van der Waals surface area contributed by atoms with Crippen LogP contribution >= 0.6 is 0 Å². The highest BCUT2D eigenvalue weighted by Gasteiger charge is 2.35. The van der Waals surface area contributed by atoms with Crippen molar-refractivity contribution in [1.29, 1.82) is 0 Å². The van der Waals surface area contributed by atoms with Crippen molar-refractivity contribution in [1.82, 2.24) is 9.88 Å². The highest BCUT2D eigenvalue weighted by Crippen LogP contribution is 2.38. The van der Waals surface area contributed by atoms with Gasteiger partial charge in [-0.15, -0.1) is 0 Å². The van der Waals surface area contributed by atoms with Crippen LogP contribution in [0, 0.1) is 5.92 Å². The van der Waals surface area contributed by atoms with Crippen LogP contribution in [0.5, 0.6) is 0 Å². The van der Waals surface area contributed by atoms with E-state index < -0.39 is 5.91 Å². The van der Waals surface area contributed by atoms with Crippen LogP contribution in [0.2, 0.25) is 0 Å². The third-order valence-corrected chi connectivity index (χ3v) is 4.70. The van der Waals surface area contributed by atoms with Gasteiger partial charge >= 0.3 is 0 Å². The summed E-state index contributed by atoms with van der Waals surface area (Å²) in [6, 6.07) is 3.64. The predicted molar refractivity (Wildman–Crippen MR) is 84.7 cm³/mol. The summed E-state index contributed by atoms with van der Waals surface area (Å²) in [6.45, 7) is 3.53. The van der Waals surface area contributed by atoms with Crippen molar-refractivity contribution in [2.45, 2.75) is 18.8 Å². The Hall–Kier alpha value is -2.41. The number of furan rings is 1. The Balaban J connectivity index is 0.000000485. The average Bonchev–Trinajstić information content (AvgIpc) is 3.00. The molecule has 0 spiro atoms. The summed E-state index contributed by atoms with van der Waals surface area (Å²) in [4.78, 5) is 26.8. The molecule has 5 rings (SSSR count). The average molecular weight is 316 g/mol. The van der Waals surface area contributed by atoms with Crippen LogP contribution in [0.25, 0.3) is 11.0 Å². The maximum atomic E-state index is 11.2. The number of primary amides is 2. The molecule has 3 saturated heterocycles. The van der Waals surface area contributed by atoms with Gasteiger partial charge in [-0.25, -0.2) is 0 Å². The second-order valence-corrected chi connectivity index (χ2v) is 6.00. The molecule has 0 aliphatic carbocycles. The largest absolute Gasteiger partial charge is 0.451 e. The van der Waals surface area contributed by atoms with Crippen molar-refractivity contribution in [3.8, 4) is 0 Å². The molecule has 2 amide bonds. The Labute approximate surface area is 133 Å². The van der Waals surface area contributed by atoms with Crippen molar-refractivity contribution in [3.05, 3.63) is 29.8 Å². The Bertz CT molecular complexity index is 719. The van der Waals surface area contributed by atoms with Gasteiger partial charge in [0.1, 0.15) is 5.58 Å². The number of rotatable bonds is 2. The van der Waals surface area contributed by atoms with Gasteiger partial charge in [-0.2, -0.15) is 0 Å². The van der Waals surface area contributed by atoms with Crippen LogP contribution in [-0.2, 0) is 4.79 Å². The Morgan fingerprint density at radius 3 is 2.61 bits per heavy atom. The number of nitrogens with two attached hydrogens (primary N) is 2. The SMILES string of the molecule is NC(=O)c1cc2cnc([C@H]3CN4CCC3CC4)cc2o1.NC=O. The van der Waals surface area contributed by atoms with Gasteiger partial charge in [-0.3, -0.25) is 14.6 Å². The second kappa shape index (κ2) is 6.37. The Morgan fingerprint density at radius 1 is 1.35 bits per heavy atom. The fraction of sp³-hybridized carbons (Fsp3) is 0.438. The topological polar surface area (TPSA) is 115 Å². The smallest absolute Gasteiger partial charge is 0.284 e. The van der Waals surface area contributed by atoms with Gasteiger partial charge in [-0.05, 0) is 37.9 Å². The molecule has 7 nitrogen and oxygen atoms in total. The molecule has 3 fully saturated rings. The fourth-order valence-corrected chi connectivity index (χ4v) is 3.57. The number of pyridine rings is 1. The minimum atomic E-state index is -0.536. The maximum Gasteiger partial charge on any atom is 0.284 e. The van der Waals surface area contributed by atoms with E-state index in [2.05, 4.69) is 15.6 Å². The number of carbonyl (C=O) groups excluding carboxylic acids is 2. The zero-order chi connectivity index (χ0) is 16.4. The van der Waals surface area contributed by atoms with Crippen LogP contribution in [-0.4, -0.2) is 41.8 Å². The number of fused-ring (bicyclic) bond motifs is 4. The maximum absolute atomic E-state index is 11.2. The van der Waals surface area contributed by atoms with Gasteiger partial charge in [0.25, 0.3) is 5.91 Å². The van der Waals surface area contributed by atoms with Gasteiger partial charge in [0.2, 0.25) is 6.41 Å². The van der Waals surface area contributed by atoms with Crippen LogP contribution in [0.3, 0.4) is 0 Å². The highest BCUT2D eigenvalue weighted by molar-refractivity contribution is 5.94. The van der Waals surface area contributed by atoms with E-state index in [0.29, 0.717) is 11.5 Å². The first-order chi connectivity index (χ1) is 11.1. The first kappa shape index (κ1) is 15.5. The van der Waals surface area contributed by atoms with E-state index in [9.17, 15) is 4.79 Å². The molecule has 3 aliphatic heterocycles. The quantitative estimate of drug-likeness (QED) is 0.796. The molecular formula is C16H20N4O3. The number of aromatic nitrogens is 1. The lowest BCUT2D eigenvalue weighted by Gasteiger charge is -2.44. The van der Waals surface area contributed by atoms with E-state index >= 15 is 0 Å². The zero-order valence-electron chi connectivity index (χ0n) is 12.8. The monoisotopic (exact) mass is 316 g/mol. The van der Waals surface area contributed by atoms with Crippen molar-refractivity contribution < 1.29 is 14.0 Å². The summed E-state index contributed by atoms with van der Waals surface area (Å²) in [5.74, 6) is 0.887. The fourth-order valence-electron chi connectivity index (χ4n) is 3.57. The molecule has 3 aliphatic rings. The number of hydrogen-bond donors (Lipinski definition) is 2. The zero-order valence-corrected chi connectivity index (χ0v) is 12.8. The van der Waals surface area contributed by atoms with Crippen LogP contribution in [0.4, 0.5) is 0 Å². The van der Waals surface area contributed by atoms with E-state index in [1.807, 2.05) is 6.07 Å². The first-order valence-electron chi connectivity index (χ1n) is 7.69. The molecule has 2 aromatic rings. The standard InChI is InChI=1S/C15H17N3O2.CH3NO/c16-15(19)14-5-10-7-17-12(6-13(10)20-14)11-8-18-3-1-9(11)2-4-18;2-1-3/h5-7,9,11H,1-4,8H2,(H2,16,19);1H,(H2,2,3)/t11-;/m0./s1. The van der Waals surface area contributed by atoms with Crippen molar-refractivity contribution in [3.63, 3.8) is 0 Å². The second-order valence-electron chi connectivity index (χ2n) is 6.00. The lowest BCUT2D eigenvalue weighted by atomic mass is 9.77. The Kier molecular flexibility index (Phi) is 4.29. The highest BCUT2D eigenvalue weighted by atomic mass is 16.3. The number of piperidine rings is 3. The number of carbonyl (C=O) groups is 2. The van der Waals surface area contributed by atoms with Gasteiger partial charge in [0.15, 0.2) is 5.76 Å². The minimum Gasteiger partial charge on any atom is -0.451 e. The summed E-state index contributed by atoms with van der Waals surface area (Å²) < 4.78 is 5.51. The van der Waals surface area contributed by atoms with Crippen LogP contribution in [0.15, 0.2) is 22.7 Å². The lowest BCUT2D eigenvalue weighted by molar-refractivity contribution is -0.106. The van der Waals surface area contributed by atoms with Crippen molar-refractivity contribution in [2.24, 2.45) is 17.4 Å². The summed E-state index contributed by atoms with van der Waals surface area (Å²) in [5, 5.41) is 0.837. The molecule has 122 valence electrons. The molecule has 0 saturated carbocycles. The summed E-state index contributed by atoms with van der Waals surface area (Å²) >= 11 is 0. The van der Waals surface area contributed by atoms with Gasteiger partial charge < -0.3 is 20.8 Å². The molecule has 4 N–H and O–H groups in total. The molecule has 1 atom stereocenters. The van der Waals surface area contributed by atoms with E-state index in [1.54, 1.807) is 12.3 Å². The van der Waals surface area contributed by atoms with Crippen LogP contribution in [0.1, 0.15) is 35.0 Å². The van der Waals surface area contributed by atoms with Gasteiger partial charge in [-0.1, -0.05) is 0 Å². The number of nitrogens with zero attached hydrogens (tertiary/aromatic N) is 2. The molecule has 0 unspecified atom stereocenters. The third-order valence-electron chi connectivity index (χ3n) is 4.70. The van der Waals surface area contributed by atoms with E-state index in [-0.39, 0.29) is 12.2 Å². The van der Waals surface area contributed by atoms with E-state index in [0.717, 1.165) is 23.5 Å². The third kappa shape index (κ3) is 3.05. The van der Waals surface area contributed by atoms with Gasteiger partial charge in [0, 0.05) is 35.8 Å². The molecular weight excluding hydrogens is 296 g/mol.